The summed E-state index contributed by atoms with van der Waals surface area (Å²) in [6.45, 7) is 4.25. The quantitative estimate of drug-likeness (QED) is 0.774. The Hall–Kier alpha value is -0.350. The van der Waals surface area contributed by atoms with Crippen molar-refractivity contribution in [2.45, 2.75) is 32.2 Å². The van der Waals surface area contributed by atoms with Gasteiger partial charge in [0.15, 0.2) is 0 Å². The van der Waals surface area contributed by atoms with E-state index < -0.39 is 0 Å². The highest BCUT2D eigenvalue weighted by atomic mass is 35.5. The van der Waals surface area contributed by atoms with Gasteiger partial charge in [0.25, 0.3) is 0 Å². The van der Waals surface area contributed by atoms with Gasteiger partial charge in [-0.15, -0.1) is 21.8 Å². The Balaban J connectivity index is 2.67. The number of nitrogens with zero attached hydrogens (tertiary/aromatic N) is 2. The van der Waals surface area contributed by atoms with Crippen molar-refractivity contribution in [1.82, 2.24) is 10.2 Å². The van der Waals surface area contributed by atoms with Gasteiger partial charge >= 0.3 is 0 Å². The fraction of sp³-hybridized carbons (Fsp3) is 0.750. The van der Waals surface area contributed by atoms with Crippen LogP contribution in [-0.4, -0.2) is 21.6 Å². The largest absolute Gasteiger partial charge is 0.353 e. The standard InChI is InChI=1S/C8H14ClN3S/c1-3-8(4-2,5-9)11-7-12-10-6-13-7/h6H,3-5H2,1-2H3,(H,11,12). The molecule has 0 unspecified atom stereocenters. The van der Waals surface area contributed by atoms with Gasteiger partial charge in [-0.25, -0.2) is 0 Å². The molecular weight excluding hydrogens is 206 g/mol. The summed E-state index contributed by atoms with van der Waals surface area (Å²) < 4.78 is 0. The molecule has 1 heterocycles. The summed E-state index contributed by atoms with van der Waals surface area (Å²) in [5.41, 5.74) is 1.69. The number of hydrogen-bond acceptors (Lipinski definition) is 4. The summed E-state index contributed by atoms with van der Waals surface area (Å²) in [6, 6.07) is 0. The van der Waals surface area contributed by atoms with E-state index in [2.05, 4.69) is 29.4 Å². The fourth-order valence-electron chi connectivity index (χ4n) is 1.10. The SMILES string of the molecule is CCC(CC)(CCl)Nc1nncs1. The second-order valence-corrected chi connectivity index (χ2v) is 4.09. The molecule has 0 aromatic carbocycles. The minimum absolute atomic E-state index is 0.0267. The molecule has 0 fully saturated rings. The minimum atomic E-state index is -0.0267. The lowest BCUT2D eigenvalue weighted by atomic mass is 9.96. The van der Waals surface area contributed by atoms with Crippen molar-refractivity contribution in [2.75, 3.05) is 11.2 Å². The van der Waals surface area contributed by atoms with E-state index in [-0.39, 0.29) is 5.54 Å². The zero-order valence-corrected chi connectivity index (χ0v) is 9.45. The molecule has 1 N–H and O–H groups in total. The van der Waals surface area contributed by atoms with Crippen molar-refractivity contribution in [3.63, 3.8) is 0 Å². The Morgan fingerprint density at radius 2 is 2.23 bits per heavy atom. The maximum absolute atomic E-state index is 5.94. The molecule has 0 aliphatic rings. The zero-order chi connectivity index (χ0) is 9.73. The van der Waals surface area contributed by atoms with Crippen LogP contribution in [0, 0.1) is 0 Å². The van der Waals surface area contributed by atoms with Crippen LogP contribution in [0.15, 0.2) is 5.51 Å². The molecule has 0 spiro atoms. The normalized spacial score (nSPS) is 11.6. The maximum atomic E-state index is 5.94. The second-order valence-electron chi connectivity index (χ2n) is 2.99. The van der Waals surface area contributed by atoms with Crippen LogP contribution in [-0.2, 0) is 0 Å². The van der Waals surface area contributed by atoms with E-state index in [9.17, 15) is 0 Å². The number of aromatic nitrogens is 2. The van der Waals surface area contributed by atoms with Crippen LogP contribution >= 0.6 is 22.9 Å². The van der Waals surface area contributed by atoms with Gasteiger partial charge in [0, 0.05) is 5.88 Å². The molecule has 0 aliphatic carbocycles. The monoisotopic (exact) mass is 219 g/mol. The van der Waals surface area contributed by atoms with E-state index in [0.717, 1.165) is 18.0 Å². The Labute approximate surface area is 87.5 Å². The van der Waals surface area contributed by atoms with Gasteiger partial charge in [0.1, 0.15) is 5.51 Å². The van der Waals surface area contributed by atoms with Crippen molar-refractivity contribution in [2.24, 2.45) is 0 Å². The molecular formula is C8H14ClN3S. The Morgan fingerprint density at radius 1 is 1.54 bits per heavy atom. The van der Waals surface area contributed by atoms with E-state index in [1.807, 2.05) is 0 Å². The molecule has 0 bridgehead atoms. The molecule has 1 aromatic rings. The third-order valence-electron chi connectivity index (χ3n) is 2.34. The van der Waals surface area contributed by atoms with Gasteiger partial charge in [0.05, 0.1) is 5.54 Å². The van der Waals surface area contributed by atoms with Crippen molar-refractivity contribution in [3.8, 4) is 0 Å². The van der Waals surface area contributed by atoms with Crippen LogP contribution in [0.2, 0.25) is 0 Å². The number of hydrogen-bond donors (Lipinski definition) is 1. The zero-order valence-electron chi connectivity index (χ0n) is 7.88. The first-order valence-electron chi connectivity index (χ1n) is 4.36. The topological polar surface area (TPSA) is 37.8 Å². The number of halogens is 1. The molecule has 74 valence electrons. The Kier molecular flexibility index (Phi) is 3.93. The third kappa shape index (κ3) is 2.54. The Morgan fingerprint density at radius 3 is 2.62 bits per heavy atom. The van der Waals surface area contributed by atoms with Crippen LogP contribution in [0.5, 0.6) is 0 Å². The van der Waals surface area contributed by atoms with E-state index in [4.69, 9.17) is 11.6 Å². The van der Waals surface area contributed by atoms with E-state index in [1.165, 1.54) is 11.3 Å². The molecule has 0 atom stereocenters. The smallest absolute Gasteiger partial charge is 0.205 e. The van der Waals surface area contributed by atoms with Gasteiger partial charge < -0.3 is 5.32 Å². The second kappa shape index (κ2) is 4.77. The molecule has 5 heteroatoms. The summed E-state index contributed by atoms with van der Waals surface area (Å²) in [6.07, 6.45) is 1.99. The van der Waals surface area contributed by atoms with E-state index in [1.54, 1.807) is 5.51 Å². The van der Waals surface area contributed by atoms with Crippen LogP contribution in [0.25, 0.3) is 0 Å². The predicted molar refractivity (Wildman–Crippen MR) is 57.6 cm³/mol. The average Bonchev–Trinajstić information content (AvgIpc) is 2.67. The highest BCUT2D eigenvalue weighted by Gasteiger charge is 2.25. The molecule has 0 radical (unpaired) electrons. The number of nitrogens with one attached hydrogen (secondary N) is 1. The van der Waals surface area contributed by atoms with Crippen molar-refractivity contribution >= 4 is 28.1 Å². The molecule has 0 saturated heterocycles. The highest BCUT2D eigenvalue weighted by molar-refractivity contribution is 7.13. The lowest BCUT2D eigenvalue weighted by Crippen LogP contribution is -2.38. The molecule has 1 aromatic heterocycles. The fourth-order valence-corrected chi connectivity index (χ4v) is 2.11. The van der Waals surface area contributed by atoms with Gasteiger partial charge in [-0.2, -0.15) is 0 Å². The van der Waals surface area contributed by atoms with Gasteiger partial charge in [-0.05, 0) is 12.8 Å². The molecule has 0 amide bonds. The summed E-state index contributed by atoms with van der Waals surface area (Å²) in [7, 11) is 0. The lowest BCUT2D eigenvalue weighted by Gasteiger charge is -2.29. The Bertz CT molecular complexity index is 225. The average molecular weight is 220 g/mol. The highest BCUT2D eigenvalue weighted by Crippen LogP contribution is 2.24. The predicted octanol–water partition coefficient (Wildman–Crippen LogP) is 2.75. The van der Waals surface area contributed by atoms with Crippen LogP contribution < -0.4 is 5.32 Å². The molecule has 0 saturated carbocycles. The molecule has 0 aliphatic heterocycles. The summed E-state index contributed by atoms with van der Waals surface area (Å²) in [5, 5.41) is 11.9. The summed E-state index contributed by atoms with van der Waals surface area (Å²) in [5.74, 6) is 0.597. The van der Waals surface area contributed by atoms with Crippen molar-refractivity contribution < 1.29 is 0 Å². The van der Waals surface area contributed by atoms with Crippen molar-refractivity contribution in [1.29, 1.82) is 0 Å². The summed E-state index contributed by atoms with van der Waals surface area (Å²) in [4.78, 5) is 0. The molecule has 3 nitrogen and oxygen atoms in total. The van der Waals surface area contributed by atoms with Crippen LogP contribution in [0.4, 0.5) is 5.13 Å². The van der Waals surface area contributed by atoms with Crippen LogP contribution in [0.1, 0.15) is 26.7 Å². The van der Waals surface area contributed by atoms with Gasteiger partial charge in [-0.1, -0.05) is 25.2 Å². The summed E-state index contributed by atoms with van der Waals surface area (Å²) >= 11 is 7.44. The van der Waals surface area contributed by atoms with Crippen molar-refractivity contribution in [3.05, 3.63) is 5.51 Å². The maximum Gasteiger partial charge on any atom is 0.205 e. The number of rotatable bonds is 5. The first-order chi connectivity index (χ1) is 6.26. The molecule has 13 heavy (non-hydrogen) atoms. The first-order valence-corrected chi connectivity index (χ1v) is 5.78. The lowest BCUT2D eigenvalue weighted by molar-refractivity contribution is 0.483. The van der Waals surface area contributed by atoms with Gasteiger partial charge in [-0.3, -0.25) is 0 Å². The number of anilines is 1. The molecule has 1 rings (SSSR count). The number of alkyl halides is 1. The van der Waals surface area contributed by atoms with E-state index >= 15 is 0 Å². The first kappa shape index (κ1) is 10.7. The van der Waals surface area contributed by atoms with E-state index in [0.29, 0.717) is 5.88 Å². The minimum Gasteiger partial charge on any atom is -0.353 e. The van der Waals surface area contributed by atoms with Gasteiger partial charge in [0.2, 0.25) is 5.13 Å². The third-order valence-corrected chi connectivity index (χ3v) is 3.46. The van der Waals surface area contributed by atoms with Crippen LogP contribution in [0.3, 0.4) is 0 Å².